The minimum atomic E-state index is -0.0101. The standard InChI is InChI=1S/C11H16O2/c1-3-7-8(4-2)10-6-5-9(7)11(12)13-10/h5-10H,3-4H2,1-2H3. The number of rotatable bonds is 2. The van der Waals surface area contributed by atoms with Crippen LogP contribution in [0.4, 0.5) is 0 Å². The highest BCUT2D eigenvalue weighted by atomic mass is 16.5. The number of carbonyl (C=O) groups is 1. The molecule has 0 aromatic carbocycles. The summed E-state index contributed by atoms with van der Waals surface area (Å²) < 4.78 is 5.30. The molecule has 0 aromatic rings. The molecule has 2 aliphatic heterocycles. The van der Waals surface area contributed by atoms with E-state index in [-0.39, 0.29) is 18.0 Å². The van der Waals surface area contributed by atoms with E-state index in [2.05, 4.69) is 19.9 Å². The summed E-state index contributed by atoms with van der Waals surface area (Å²) in [7, 11) is 0. The Balaban J connectivity index is 2.27. The molecule has 2 heterocycles. The Labute approximate surface area is 79.0 Å². The lowest BCUT2D eigenvalue weighted by atomic mass is 9.70. The molecule has 0 saturated carbocycles. The molecule has 0 amide bonds. The summed E-state index contributed by atoms with van der Waals surface area (Å²) in [5, 5.41) is 0. The Hall–Kier alpha value is -0.790. The molecule has 0 spiro atoms. The van der Waals surface area contributed by atoms with Gasteiger partial charge in [0.05, 0.1) is 5.92 Å². The zero-order valence-corrected chi connectivity index (χ0v) is 8.19. The van der Waals surface area contributed by atoms with Gasteiger partial charge in [0.15, 0.2) is 0 Å². The molecule has 0 radical (unpaired) electrons. The van der Waals surface area contributed by atoms with Crippen molar-refractivity contribution in [2.75, 3.05) is 0 Å². The van der Waals surface area contributed by atoms with Crippen LogP contribution in [0, 0.1) is 17.8 Å². The summed E-state index contributed by atoms with van der Waals surface area (Å²) in [5.74, 6) is 1.10. The predicted molar refractivity (Wildman–Crippen MR) is 50.1 cm³/mol. The van der Waals surface area contributed by atoms with Crippen LogP contribution < -0.4 is 0 Å². The molecule has 3 rings (SSSR count). The van der Waals surface area contributed by atoms with Gasteiger partial charge in [-0.25, -0.2) is 0 Å². The van der Waals surface area contributed by atoms with Crippen LogP contribution in [0.15, 0.2) is 12.2 Å². The molecule has 1 saturated heterocycles. The molecule has 72 valence electrons. The summed E-state index contributed by atoms with van der Waals surface area (Å²) in [5.41, 5.74) is 0. The van der Waals surface area contributed by atoms with E-state index >= 15 is 0 Å². The second-order valence-electron chi connectivity index (χ2n) is 3.96. The molecule has 2 nitrogen and oxygen atoms in total. The van der Waals surface area contributed by atoms with Gasteiger partial charge in [0.25, 0.3) is 0 Å². The first-order chi connectivity index (χ1) is 6.27. The molecular formula is C11H16O2. The van der Waals surface area contributed by atoms with Crippen molar-refractivity contribution < 1.29 is 9.53 Å². The van der Waals surface area contributed by atoms with Crippen LogP contribution in [0.3, 0.4) is 0 Å². The zero-order valence-electron chi connectivity index (χ0n) is 8.19. The van der Waals surface area contributed by atoms with E-state index in [0.717, 1.165) is 12.8 Å². The molecule has 4 unspecified atom stereocenters. The summed E-state index contributed by atoms with van der Waals surface area (Å²) in [6.45, 7) is 4.34. The third-order valence-corrected chi connectivity index (χ3v) is 3.41. The smallest absolute Gasteiger partial charge is 0.313 e. The van der Waals surface area contributed by atoms with E-state index in [4.69, 9.17) is 4.74 Å². The third kappa shape index (κ3) is 1.19. The minimum absolute atomic E-state index is 0.0101. The van der Waals surface area contributed by atoms with Crippen LogP contribution in [0.25, 0.3) is 0 Å². The molecule has 4 atom stereocenters. The fourth-order valence-corrected chi connectivity index (χ4v) is 2.71. The van der Waals surface area contributed by atoms with Gasteiger partial charge in [-0.1, -0.05) is 26.3 Å². The van der Waals surface area contributed by atoms with Crippen molar-refractivity contribution in [1.82, 2.24) is 0 Å². The van der Waals surface area contributed by atoms with E-state index in [0.29, 0.717) is 11.8 Å². The van der Waals surface area contributed by atoms with Crippen molar-refractivity contribution in [2.45, 2.75) is 32.8 Å². The first-order valence-corrected chi connectivity index (χ1v) is 5.16. The molecule has 2 heteroatoms. The van der Waals surface area contributed by atoms with Crippen molar-refractivity contribution in [1.29, 1.82) is 0 Å². The van der Waals surface area contributed by atoms with Gasteiger partial charge in [-0.15, -0.1) is 0 Å². The average molecular weight is 180 g/mol. The van der Waals surface area contributed by atoms with E-state index in [1.807, 2.05) is 6.08 Å². The quantitative estimate of drug-likeness (QED) is 0.481. The fourth-order valence-electron chi connectivity index (χ4n) is 2.71. The monoisotopic (exact) mass is 180 g/mol. The number of hydrogen-bond acceptors (Lipinski definition) is 2. The summed E-state index contributed by atoms with van der Waals surface area (Å²) in [6, 6.07) is 0. The summed E-state index contributed by atoms with van der Waals surface area (Å²) in [6.07, 6.45) is 6.35. The third-order valence-electron chi connectivity index (χ3n) is 3.41. The van der Waals surface area contributed by atoms with E-state index < -0.39 is 0 Å². The molecule has 1 fully saturated rings. The number of carbonyl (C=O) groups excluding carboxylic acids is 1. The lowest BCUT2D eigenvalue weighted by Crippen LogP contribution is -2.46. The SMILES string of the molecule is CCC1C2C=CC(C(=O)O2)C1CC. The van der Waals surface area contributed by atoms with Gasteiger partial charge in [0.2, 0.25) is 0 Å². The Morgan fingerprint density at radius 1 is 1.23 bits per heavy atom. The average Bonchev–Trinajstić information content (AvgIpc) is 2.17. The number of esters is 1. The van der Waals surface area contributed by atoms with Crippen LogP contribution in [-0.4, -0.2) is 12.1 Å². The lowest BCUT2D eigenvalue weighted by Gasteiger charge is -2.43. The Morgan fingerprint density at radius 2 is 1.92 bits per heavy atom. The van der Waals surface area contributed by atoms with Crippen LogP contribution in [0.5, 0.6) is 0 Å². The maximum atomic E-state index is 11.4. The predicted octanol–water partition coefficient (Wildman–Crippen LogP) is 2.15. The molecule has 2 bridgehead atoms. The summed E-state index contributed by atoms with van der Waals surface area (Å²) in [4.78, 5) is 11.4. The Bertz CT molecular complexity index is 244. The van der Waals surface area contributed by atoms with Gasteiger partial charge in [-0.05, 0) is 18.4 Å². The number of hydrogen-bond donors (Lipinski definition) is 0. The molecular weight excluding hydrogens is 164 g/mol. The Morgan fingerprint density at radius 3 is 2.46 bits per heavy atom. The normalized spacial score (nSPS) is 42.2. The van der Waals surface area contributed by atoms with Gasteiger partial charge in [-0.3, -0.25) is 4.79 Å². The van der Waals surface area contributed by atoms with Crippen molar-refractivity contribution in [3.05, 3.63) is 12.2 Å². The zero-order chi connectivity index (χ0) is 9.42. The topological polar surface area (TPSA) is 26.3 Å². The maximum Gasteiger partial charge on any atom is 0.313 e. The van der Waals surface area contributed by atoms with E-state index in [9.17, 15) is 4.79 Å². The lowest BCUT2D eigenvalue weighted by molar-refractivity contribution is -0.168. The van der Waals surface area contributed by atoms with Gasteiger partial charge < -0.3 is 4.74 Å². The molecule has 3 aliphatic rings. The maximum absolute atomic E-state index is 11.4. The van der Waals surface area contributed by atoms with E-state index in [1.165, 1.54) is 0 Å². The van der Waals surface area contributed by atoms with Crippen LogP contribution in [-0.2, 0) is 9.53 Å². The first kappa shape index (κ1) is 8.79. The van der Waals surface area contributed by atoms with Crippen molar-refractivity contribution in [2.24, 2.45) is 17.8 Å². The number of fused-ring (bicyclic) bond motifs is 2. The van der Waals surface area contributed by atoms with Crippen molar-refractivity contribution in [3.63, 3.8) is 0 Å². The molecule has 1 aliphatic carbocycles. The van der Waals surface area contributed by atoms with Crippen molar-refractivity contribution in [3.8, 4) is 0 Å². The Kier molecular flexibility index (Phi) is 2.14. The van der Waals surface area contributed by atoms with Crippen LogP contribution >= 0.6 is 0 Å². The minimum Gasteiger partial charge on any atom is -0.457 e. The highest BCUT2D eigenvalue weighted by Gasteiger charge is 2.45. The van der Waals surface area contributed by atoms with Crippen LogP contribution in [0.2, 0.25) is 0 Å². The fraction of sp³-hybridized carbons (Fsp3) is 0.727. The second-order valence-corrected chi connectivity index (χ2v) is 3.96. The first-order valence-electron chi connectivity index (χ1n) is 5.16. The highest BCUT2D eigenvalue weighted by molar-refractivity contribution is 5.77. The number of ether oxygens (including phenoxy) is 1. The molecule has 13 heavy (non-hydrogen) atoms. The van der Waals surface area contributed by atoms with Gasteiger partial charge in [-0.2, -0.15) is 0 Å². The molecule has 0 aromatic heterocycles. The highest BCUT2D eigenvalue weighted by Crippen LogP contribution is 2.41. The van der Waals surface area contributed by atoms with Crippen molar-refractivity contribution >= 4 is 5.97 Å². The van der Waals surface area contributed by atoms with Gasteiger partial charge in [0.1, 0.15) is 6.10 Å². The largest absolute Gasteiger partial charge is 0.457 e. The van der Waals surface area contributed by atoms with Crippen LogP contribution in [0.1, 0.15) is 26.7 Å². The second kappa shape index (κ2) is 3.17. The van der Waals surface area contributed by atoms with E-state index in [1.54, 1.807) is 0 Å². The van der Waals surface area contributed by atoms with Gasteiger partial charge >= 0.3 is 5.97 Å². The van der Waals surface area contributed by atoms with Gasteiger partial charge in [0, 0.05) is 5.92 Å². The molecule has 0 N–H and O–H groups in total. The summed E-state index contributed by atoms with van der Waals surface area (Å²) >= 11 is 0.